The van der Waals surface area contributed by atoms with Gasteiger partial charge in [0.1, 0.15) is 5.75 Å². The molecule has 2 N–H and O–H groups in total. The van der Waals surface area contributed by atoms with Crippen LogP contribution in [0.5, 0.6) is 5.75 Å². The average Bonchev–Trinajstić information content (AvgIpc) is 2.42. The van der Waals surface area contributed by atoms with E-state index in [0.29, 0.717) is 0 Å². The minimum atomic E-state index is 0.0273. The third-order valence-corrected chi connectivity index (χ3v) is 3.60. The lowest BCUT2D eigenvalue weighted by Gasteiger charge is -2.13. The summed E-state index contributed by atoms with van der Waals surface area (Å²) < 4.78 is 5.35. The predicted molar refractivity (Wildman–Crippen MR) is 82.7 cm³/mol. The van der Waals surface area contributed by atoms with Gasteiger partial charge in [-0.2, -0.15) is 0 Å². The zero-order valence-corrected chi connectivity index (χ0v) is 12.7. The molecule has 0 saturated carbocycles. The van der Waals surface area contributed by atoms with Gasteiger partial charge < -0.3 is 10.5 Å². The van der Waals surface area contributed by atoms with Crippen molar-refractivity contribution in [1.29, 1.82) is 0 Å². The SMILES string of the molecule is CCCCCCCCc1ccc(OC)c(C(C)N)c1. The molecule has 0 heterocycles. The molecule has 0 spiro atoms. The maximum absolute atomic E-state index is 5.99. The number of rotatable bonds is 9. The molecular weight excluding hydrogens is 234 g/mol. The van der Waals surface area contributed by atoms with Gasteiger partial charge in [0.2, 0.25) is 0 Å². The maximum atomic E-state index is 5.99. The van der Waals surface area contributed by atoms with Crippen LogP contribution < -0.4 is 10.5 Å². The van der Waals surface area contributed by atoms with E-state index in [1.54, 1.807) is 7.11 Å². The standard InChI is InChI=1S/C17H29NO/c1-4-5-6-7-8-9-10-15-11-12-17(19-3)16(13-15)14(2)18/h11-14H,4-10,18H2,1-3H3. The number of nitrogens with two attached hydrogens (primary N) is 1. The third-order valence-electron chi connectivity index (χ3n) is 3.60. The van der Waals surface area contributed by atoms with Crippen molar-refractivity contribution in [2.75, 3.05) is 7.11 Å². The highest BCUT2D eigenvalue weighted by Gasteiger charge is 2.08. The highest BCUT2D eigenvalue weighted by molar-refractivity contribution is 5.39. The van der Waals surface area contributed by atoms with E-state index < -0.39 is 0 Å². The van der Waals surface area contributed by atoms with E-state index in [1.165, 1.54) is 44.1 Å². The molecule has 0 amide bonds. The second-order valence-corrected chi connectivity index (χ2v) is 5.38. The quantitative estimate of drug-likeness (QED) is 0.660. The second-order valence-electron chi connectivity index (χ2n) is 5.38. The summed E-state index contributed by atoms with van der Waals surface area (Å²) in [5.74, 6) is 0.904. The van der Waals surface area contributed by atoms with Crippen molar-refractivity contribution >= 4 is 0 Å². The van der Waals surface area contributed by atoms with Crippen LogP contribution >= 0.6 is 0 Å². The fourth-order valence-electron chi connectivity index (χ4n) is 2.40. The zero-order valence-electron chi connectivity index (χ0n) is 12.7. The number of hydrogen-bond acceptors (Lipinski definition) is 2. The molecule has 0 bridgehead atoms. The Bertz CT molecular complexity index is 360. The smallest absolute Gasteiger partial charge is 0.123 e. The molecule has 19 heavy (non-hydrogen) atoms. The molecule has 0 radical (unpaired) electrons. The molecule has 1 rings (SSSR count). The van der Waals surface area contributed by atoms with Gasteiger partial charge in [0, 0.05) is 11.6 Å². The molecule has 1 unspecified atom stereocenters. The van der Waals surface area contributed by atoms with E-state index in [1.807, 2.05) is 13.0 Å². The largest absolute Gasteiger partial charge is 0.496 e. The molecule has 1 aromatic carbocycles. The Labute approximate surface area is 118 Å². The molecule has 1 aromatic rings. The number of hydrogen-bond donors (Lipinski definition) is 1. The lowest BCUT2D eigenvalue weighted by Crippen LogP contribution is -2.07. The first kappa shape index (κ1) is 16.0. The van der Waals surface area contributed by atoms with Crippen molar-refractivity contribution in [3.63, 3.8) is 0 Å². The first-order chi connectivity index (χ1) is 9.19. The Morgan fingerprint density at radius 3 is 2.42 bits per heavy atom. The van der Waals surface area contributed by atoms with Gasteiger partial charge in [-0.25, -0.2) is 0 Å². The summed E-state index contributed by atoms with van der Waals surface area (Å²) in [6.07, 6.45) is 9.19. The number of methoxy groups -OCH3 is 1. The topological polar surface area (TPSA) is 35.2 Å². The van der Waals surface area contributed by atoms with E-state index in [4.69, 9.17) is 10.5 Å². The second kappa shape index (κ2) is 8.98. The summed E-state index contributed by atoms with van der Waals surface area (Å²) in [5, 5.41) is 0. The van der Waals surface area contributed by atoms with Crippen LogP contribution in [-0.4, -0.2) is 7.11 Å². The number of benzene rings is 1. The fourth-order valence-corrected chi connectivity index (χ4v) is 2.40. The predicted octanol–water partition coefficient (Wildman–Crippen LogP) is 4.62. The van der Waals surface area contributed by atoms with Crippen molar-refractivity contribution < 1.29 is 4.74 Å². The minimum Gasteiger partial charge on any atom is -0.496 e. The molecule has 1 atom stereocenters. The van der Waals surface area contributed by atoms with Crippen molar-refractivity contribution in [2.24, 2.45) is 5.73 Å². The summed E-state index contributed by atoms with van der Waals surface area (Å²) in [4.78, 5) is 0. The van der Waals surface area contributed by atoms with Gasteiger partial charge in [-0.3, -0.25) is 0 Å². The summed E-state index contributed by atoms with van der Waals surface area (Å²) >= 11 is 0. The van der Waals surface area contributed by atoms with Crippen LogP contribution in [0.1, 0.15) is 69.5 Å². The van der Waals surface area contributed by atoms with Gasteiger partial charge in [-0.05, 0) is 31.4 Å². The molecular formula is C17H29NO. The van der Waals surface area contributed by atoms with Gasteiger partial charge >= 0.3 is 0 Å². The van der Waals surface area contributed by atoms with Crippen molar-refractivity contribution in [2.45, 2.75) is 64.8 Å². The van der Waals surface area contributed by atoms with Crippen LogP contribution in [0.2, 0.25) is 0 Å². The molecule has 2 nitrogen and oxygen atoms in total. The highest BCUT2D eigenvalue weighted by Crippen LogP contribution is 2.25. The molecule has 0 aromatic heterocycles. The number of aryl methyl sites for hydroxylation is 1. The van der Waals surface area contributed by atoms with Crippen LogP contribution in [0.15, 0.2) is 18.2 Å². The maximum Gasteiger partial charge on any atom is 0.123 e. The molecule has 0 aliphatic carbocycles. The van der Waals surface area contributed by atoms with Crippen LogP contribution in [-0.2, 0) is 6.42 Å². The molecule has 2 heteroatoms. The molecule has 0 aliphatic rings. The van der Waals surface area contributed by atoms with E-state index in [9.17, 15) is 0 Å². The lowest BCUT2D eigenvalue weighted by atomic mass is 10.00. The zero-order chi connectivity index (χ0) is 14.1. The van der Waals surface area contributed by atoms with E-state index >= 15 is 0 Å². The first-order valence-corrected chi connectivity index (χ1v) is 7.61. The van der Waals surface area contributed by atoms with E-state index in [0.717, 1.165) is 17.7 Å². The van der Waals surface area contributed by atoms with Crippen molar-refractivity contribution in [3.05, 3.63) is 29.3 Å². The fraction of sp³-hybridized carbons (Fsp3) is 0.647. The highest BCUT2D eigenvalue weighted by atomic mass is 16.5. The Kier molecular flexibility index (Phi) is 7.57. The van der Waals surface area contributed by atoms with Crippen molar-refractivity contribution in [1.82, 2.24) is 0 Å². The van der Waals surface area contributed by atoms with Crippen LogP contribution in [0.3, 0.4) is 0 Å². The summed E-state index contributed by atoms with van der Waals surface area (Å²) in [6, 6.07) is 6.44. The number of unbranched alkanes of at least 4 members (excludes halogenated alkanes) is 5. The van der Waals surface area contributed by atoms with Gasteiger partial charge in [0.15, 0.2) is 0 Å². The summed E-state index contributed by atoms with van der Waals surface area (Å²) in [6.45, 7) is 4.26. The average molecular weight is 263 g/mol. The van der Waals surface area contributed by atoms with Gasteiger partial charge in [0.25, 0.3) is 0 Å². The first-order valence-electron chi connectivity index (χ1n) is 7.61. The van der Waals surface area contributed by atoms with Gasteiger partial charge in [-0.15, -0.1) is 0 Å². The normalized spacial score (nSPS) is 12.4. The third kappa shape index (κ3) is 5.65. The number of ether oxygens (including phenoxy) is 1. The lowest BCUT2D eigenvalue weighted by molar-refractivity contribution is 0.406. The molecule has 0 fully saturated rings. The van der Waals surface area contributed by atoms with Crippen LogP contribution in [0, 0.1) is 0 Å². The summed E-state index contributed by atoms with van der Waals surface area (Å²) in [7, 11) is 1.70. The van der Waals surface area contributed by atoms with E-state index in [2.05, 4.69) is 19.1 Å². The Morgan fingerprint density at radius 1 is 1.11 bits per heavy atom. The Hall–Kier alpha value is -1.02. The molecule has 0 saturated heterocycles. The minimum absolute atomic E-state index is 0.0273. The van der Waals surface area contributed by atoms with Gasteiger partial charge in [0.05, 0.1) is 7.11 Å². The van der Waals surface area contributed by atoms with Gasteiger partial charge in [-0.1, -0.05) is 51.2 Å². The monoisotopic (exact) mass is 263 g/mol. The molecule has 108 valence electrons. The Morgan fingerprint density at radius 2 is 1.79 bits per heavy atom. The summed E-state index contributed by atoms with van der Waals surface area (Å²) in [5.41, 5.74) is 8.48. The van der Waals surface area contributed by atoms with Crippen LogP contribution in [0.25, 0.3) is 0 Å². The van der Waals surface area contributed by atoms with Crippen LogP contribution in [0.4, 0.5) is 0 Å². The Balaban J connectivity index is 2.44. The molecule has 0 aliphatic heterocycles. The van der Waals surface area contributed by atoms with E-state index in [-0.39, 0.29) is 6.04 Å². The van der Waals surface area contributed by atoms with Crippen molar-refractivity contribution in [3.8, 4) is 5.75 Å².